The normalized spacial score (nSPS) is 13.8. The monoisotopic (exact) mass is 492 g/mol. The minimum Gasteiger partial charge on any atom is -0.462 e. The molecule has 2 amide bonds. The summed E-state index contributed by atoms with van der Waals surface area (Å²) in [4.78, 5) is 37.3. The molecule has 0 radical (unpaired) electrons. The summed E-state index contributed by atoms with van der Waals surface area (Å²) in [6, 6.07) is 10.8. The molecule has 0 spiro atoms. The maximum absolute atomic E-state index is 14.3. The number of anilines is 2. The molecule has 2 N–H and O–H groups in total. The van der Waals surface area contributed by atoms with E-state index in [2.05, 4.69) is 15.7 Å². The molecule has 2 aromatic carbocycles. The van der Waals surface area contributed by atoms with Gasteiger partial charge >= 0.3 is 5.97 Å². The van der Waals surface area contributed by atoms with Crippen LogP contribution in [0.4, 0.5) is 15.8 Å². The molecule has 188 valence electrons. The van der Waals surface area contributed by atoms with Gasteiger partial charge in [0.05, 0.1) is 29.9 Å². The van der Waals surface area contributed by atoms with Gasteiger partial charge in [-0.3, -0.25) is 9.59 Å². The predicted molar refractivity (Wildman–Crippen MR) is 134 cm³/mol. The molecule has 1 heterocycles. The lowest BCUT2D eigenvalue weighted by Crippen LogP contribution is -2.25. The van der Waals surface area contributed by atoms with Crippen LogP contribution in [-0.2, 0) is 9.53 Å². The zero-order chi connectivity index (χ0) is 25.7. The fraction of sp³-hybridized carbons (Fsp3) is 0.333. The number of rotatable bonds is 7. The van der Waals surface area contributed by atoms with Gasteiger partial charge in [-0.2, -0.15) is 5.10 Å². The van der Waals surface area contributed by atoms with Crippen LogP contribution >= 0.6 is 0 Å². The van der Waals surface area contributed by atoms with Crippen molar-refractivity contribution in [2.45, 2.75) is 46.0 Å². The van der Waals surface area contributed by atoms with E-state index in [1.165, 1.54) is 24.4 Å². The number of ether oxygens (including phenoxy) is 1. The minimum atomic E-state index is -0.557. The molecule has 0 atom stereocenters. The number of hydrogen-bond donors (Lipinski definition) is 2. The molecule has 9 heteroatoms. The molecule has 8 nitrogen and oxygen atoms in total. The highest BCUT2D eigenvalue weighted by Crippen LogP contribution is 2.27. The average molecular weight is 493 g/mol. The fourth-order valence-corrected chi connectivity index (χ4v) is 4.33. The largest absolute Gasteiger partial charge is 0.462 e. The van der Waals surface area contributed by atoms with Crippen LogP contribution in [0, 0.1) is 18.7 Å². The summed E-state index contributed by atoms with van der Waals surface area (Å²) in [5, 5.41) is 9.67. The van der Waals surface area contributed by atoms with Crippen LogP contribution in [0.15, 0.2) is 48.7 Å². The molecule has 0 unspecified atom stereocenters. The molecule has 1 saturated carbocycles. The number of carbonyl (C=O) groups excluding carboxylic acids is 3. The molecule has 1 aliphatic carbocycles. The molecule has 0 bridgehead atoms. The first-order chi connectivity index (χ1) is 17.4. The van der Waals surface area contributed by atoms with E-state index in [1.807, 2.05) is 0 Å². The third kappa shape index (κ3) is 5.62. The minimum absolute atomic E-state index is 0.0466. The van der Waals surface area contributed by atoms with Gasteiger partial charge in [-0.1, -0.05) is 19.3 Å². The fourth-order valence-electron chi connectivity index (χ4n) is 4.33. The van der Waals surface area contributed by atoms with Gasteiger partial charge in [0.25, 0.3) is 5.91 Å². The highest BCUT2D eigenvalue weighted by Gasteiger charge is 2.22. The highest BCUT2D eigenvalue weighted by molar-refractivity contribution is 6.05. The highest BCUT2D eigenvalue weighted by atomic mass is 19.1. The number of nitrogens with one attached hydrogen (secondary N) is 2. The van der Waals surface area contributed by atoms with Crippen LogP contribution in [0.3, 0.4) is 0 Å². The summed E-state index contributed by atoms with van der Waals surface area (Å²) >= 11 is 0. The second-order valence-corrected chi connectivity index (χ2v) is 8.80. The number of carbonyl (C=O) groups is 3. The Labute approximate surface area is 208 Å². The van der Waals surface area contributed by atoms with Crippen molar-refractivity contribution in [2.75, 3.05) is 17.2 Å². The maximum Gasteiger partial charge on any atom is 0.341 e. The molecule has 0 aliphatic heterocycles. The van der Waals surface area contributed by atoms with Gasteiger partial charge in [-0.15, -0.1) is 0 Å². The van der Waals surface area contributed by atoms with Gasteiger partial charge in [0.2, 0.25) is 5.91 Å². The number of nitrogens with zero attached hydrogens (tertiary/aromatic N) is 2. The van der Waals surface area contributed by atoms with Crippen LogP contribution in [0.25, 0.3) is 5.69 Å². The van der Waals surface area contributed by atoms with E-state index < -0.39 is 11.8 Å². The van der Waals surface area contributed by atoms with E-state index >= 15 is 0 Å². The van der Waals surface area contributed by atoms with Crippen molar-refractivity contribution in [1.29, 1.82) is 0 Å². The zero-order valence-corrected chi connectivity index (χ0v) is 20.3. The van der Waals surface area contributed by atoms with E-state index in [4.69, 9.17) is 4.74 Å². The second-order valence-electron chi connectivity index (χ2n) is 8.80. The third-order valence-electron chi connectivity index (χ3n) is 6.34. The van der Waals surface area contributed by atoms with Crippen molar-refractivity contribution >= 4 is 29.2 Å². The number of halogens is 1. The summed E-state index contributed by atoms with van der Waals surface area (Å²) in [7, 11) is 0. The molecule has 3 aromatic rings. The van der Waals surface area contributed by atoms with Crippen LogP contribution < -0.4 is 10.6 Å². The number of esters is 1. The third-order valence-corrected chi connectivity index (χ3v) is 6.34. The van der Waals surface area contributed by atoms with Gasteiger partial charge in [0, 0.05) is 17.2 Å². The molecule has 1 aliphatic rings. The Balaban J connectivity index is 1.43. The van der Waals surface area contributed by atoms with Crippen molar-refractivity contribution in [1.82, 2.24) is 9.78 Å². The van der Waals surface area contributed by atoms with Crippen molar-refractivity contribution in [3.63, 3.8) is 0 Å². The van der Waals surface area contributed by atoms with Crippen LogP contribution in [0.5, 0.6) is 0 Å². The molecule has 1 aromatic heterocycles. The maximum atomic E-state index is 14.3. The molecular weight excluding hydrogens is 463 g/mol. The Kier molecular flexibility index (Phi) is 7.77. The topological polar surface area (TPSA) is 102 Å². The predicted octanol–water partition coefficient (Wildman–Crippen LogP) is 5.27. The van der Waals surface area contributed by atoms with E-state index in [0.717, 1.165) is 32.1 Å². The summed E-state index contributed by atoms with van der Waals surface area (Å²) in [6.07, 6.45) is 6.19. The Morgan fingerprint density at radius 3 is 2.47 bits per heavy atom. The number of benzene rings is 2. The SMILES string of the molecule is CCOC(=O)c1cnn(-c2ccc(C(=O)Nc3ccc(F)c(NC(=O)C4CCCCC4)c3)cc2)c1C. The average Bonchev–Trinajstić information content (AvgIpc) is 3.28. The Bertz CT molecular complexity index is 1260. The van der Waals surface area contributed by atoms with E-state index in [1.54, 1.807) is 42.8 Å². The second kappa shape index (κ2) is 11.2. The molecule has 0 saturated heterocycles. The first-order valence-corrected chi connectivity index (χ1v) is 12.1. The van der Waals surface area contributed by atoms with E-state index in [-0.39, 0.29) is 30.0 Å². The standard InChI is InChI=1S/C27H29FN4O4/c1-3-36-27(35)22-16-29-32(17(22)2)21-12-9-19(10-13-21)25(33)30-20-11-14-23(28)24(15-20)31-26(34)18-7-5-4-6-8-18/h9-16,18H,3-8H2,1-2H3,(H,30,33)(H,31,34). The zero-order valence-electron chi connectivity index (χ0n) is 20.3. The van der Waals surface area contributed by atoms with Crippen LogP contribution in [0.1, 0.15) is 65.4 Å². The lowest BCUT2D eigenvalue weighted by molar-refractivity contribution is -0.120. The van der Waals surface area contributed by atoms with E-state index in [0.29, 0.717) is 28.2 Å². The van der Waals surface area contributed by atoms with Gasteiger partial charge in [-0.25, -0.2) is 13.9 Å². The molecule has 4 rings (SSSR count). The summed E-state index contributed by atoms with van der Waals surface area (Å²) in [6.45, 7) is 3.77. The Hall–Kier alpha value is -4.01. The number of hydrogen-bond acceptors (Lipinski definition) is 5. The van der Waals surface area contributed by atoms with Crippen molar-refractivity contribution < 1.29 is 23.5 Å². The molecular formula is C27H29FN4O4. The van der Waals surface area contributed by atoms with Gasteiger partial charge in [0.15, 0.2) is 0 Å². The van der Waals surface area contributed by atoms with Gasteiger partial charge in [0.1, 0.15) is 11.4 Å². The van der Waals surface area contributed by atoms with E-state index in [9.17, 15) is 18.8 Å². The smallest absolute Gasteiger partial charge is 0.341 e. The lowest BCUT2D eigenvalue weighted by Gasteiger charge is -2.21. The van der Waals surface area contributed by atoms with Crippen LogP contribution in [0.2, 0.25) is 0 Å². The van der Waals surface area contributed by atoms with Crippen molar-refractivity contribution in [3.05, 3.63) is 71.3 Å². The van der Waals surface area contributed by atoms with Gasteiger partial charge < -0.3 is 15.4 Å². The first kappa shape index (κ1) is 25.1. The van der Waals surface area contributed by atoms with Crippen molar-refractivity contribution in [3.8, 4) is 5.69 Å². The Morgan fingerprint density at radius 2 is 1.78 bits per heavy atom. The van der Waals surface area contributed by atoms with Gasteiger partial charge in [-0.05, 0) is 69.2 Å². The van der Waals surface area contributed by atoms with Crippen molar-refractivity contribution in [2.24, 2.45) is 5.92 Å². The first-order valence-electron chi connectivity index (χ1n) is 12.1. The quantitative estimate of drug-likeness (QED) is 0.438. The summed E-state index contributed by atoms with van der Waals surface area (Å²) in [5.74, 6) is -1.68. The summed E-state index contributed by atoms with van der Waals surface area (Å²) < 4.78 is 21.0. The Morgan fingerprint density at radius 1 is 1.06 bits per heavy atom. The lowest BCUT2D eigenvalue weighted by atomic mass is 9.88. The number of amides is 2. The van der Waals surface area contributed by atoms with Crippen LogP contribution in [-0.4, -0.2) is 34.2 Å². The summed E-state index contributed by atoms with van der Waals surface area (Å²) in [5.41, 5.74) is 2.47. The molecule has 1 fully saturated rings. The molecule has 36 heavy (non-hydrogen) atoms. The number of aromatic nitrogens is 2.